The van der Waals surface area contributed by atoms with Crippen molar-refractivity contribution in [2.45, 2.75) is 142 Å². The van der Waals surface area contributed by atoms with Gasteiger partial charge in [-0.15, -0.1) is 0 Å². The number of ketones is 1. The number of carbonyl (C=O) groups excluding carboxylic acids is 3. The molecule has 1 N–H and O–H groups in total. The summed E-state index contributed by atoms with van der Waals surface area (Å²) in [6.45, 7) is 11.8. The molecule has 8 bridgehead atoms. The van der Waals surface area contributed by atoms with E-state index in [9.17, 15) is 19.5 Å². The second-order valence-corrected chi connectivity index (χ2v) is 16.7. The van der Waals surface area contributed by atoms with Crippen molar-refractivity contribution in [2.24, 2.45) is 45.8 Å². The maximum absolute atomic E-state index is 14.0. The van der Waals surface area contributed by atoms with Crippen LogP contribution in [0.2, 0.25) is 0 Å². The molecule has 0 aliphatic heterocycles. The van der Waals surface area contributed by atoms with Crippen molar-refractivity contribution < 1.29 is 29.0 Å². The molecule has 39 heavy (non-hydrogen) atoms. The van der Waals surface area contributed by atoms with Crippen LogP contribution in [0.5, 0.6) is 0 Å². The minimum absolute atomic E-state index is 0.0490. The molecular formula is C33H50O6. The number of esters is 2. The van der Waals surface area contributed by atoms with Crippen molar-refractivity contribution in [1.29, 1.82) is 0 Å². The van der Waals surface area contributed by atoms with Gasteiger partial charge in [0, 0.05) is 17.3 Å². The van der Waals surface area contributed by atoms with Crippen LogP contribution in [0.3, 0.4) is 0 Å². The van der Waals surface area contributed by atoms with Gasteiger partial charge in [0.15, 0.2) is 0 Å². The molecule has 8 saturated carbocycles. The quantitative estimate of drug-likeness (QED) is 0.369. The number of hydrogen-bond donors (Lipinski definition) is 1. The number of Topliss-reactive ketones (excluding diaryl/α,β-unsaturated/α-hetero) is 1. The van der Waals surface area contributed by atoms with Crippen LogP contribution in [0.25, 0.3) is 0 Å². The van der Waals surface area contributed by atoms with Gasteiger partial charge in [0.05, 0.1) is 16.4 Å². The number of hydrogen-bond acceptors (Lipinski definition) is 6. The molecule has 0 amide bonds. The first-order valence-electron chi connectivity index (χ1n) is 15.7. The van der Waals surface area contributed by atoms with Crippen LogP contribution in [0.4, 0.5) is 0 Å². The first-order valence-corrected chi connectivity index (χ1v) is 15.7. The number of ether oxygens (including phenoxy) is 2. The highest BCUT2D eigenvalue weighted by Crippen LogP contribution is 2.66. The molecular weight excluding hydrogens is 492 g/mol. The lowest BCUT2D eigenvalue weighted by molar-refractivity contribution is -0.237. The fourth-order valence-electron chi connectivity index (χ4n) is 10.9. The smallest absolute Gasteiger partial charge is 0.312 e. The molecule has 0 spiro atoms. The van der Waals surface area contributed by atoms with E-state index in [0.29, 0.717) is 55.6 Å². The topological polar surface area (TPSA) is 89.9 Å². The van der Waals surface area contributed by atoms with E-state index in [-0.39, 0.29) is 29.2 Å². The Morgan fingerprint density at radius 2 is 1.44 bits per heavy atom. The SMILES string of the molecule is CCC(C)(CC(C)(C)C(=O)OC12CC3C[C@@H](C1)C(=O)[C@@H](C3)C2)C(=O)OC(C)(C)C12CC3C[C@H](CC(O)(C3)C1)C2. The normalized spacial score (nSPS) is 43.9. The van der Waals surface area contributed by atoms with E-state index in [2.05, 4.69) is 0 Å². The molecule has 6 nitrogen and oxygen atoms in total. The molecule has 6 heteroatoms. The van der Waals surface area contributed by atoms with Crippen molar-refractivity contribution in [2.75, 3.05) is 0 Å². The Balaban J connectivity index is 1.15. The van der Waals surface area contributed by atoms with Crippen LogP contribution in [-0.4, -0.2) is 39.6 Å². The van der Waals surface area contributed by atoms with Gasteiger partial charge >= 0.3 is 11.9 Å². The lowest BCUT2D eigenvalue weighted by atomic mass is 9.44. The highest BCUT2D eigenvalue weighted by Gasteiger charge is 2.64. The largest absolute Gasteiger partial charge is 0.459 e. The van der Waals surface area contributed by atoms with Gasteiger partial charge in [-0.1, -0.05) is 6.92 Å². The zero-order chi connectivity index (χ0) is 28.2. The second-order valence-electron chi connectivity index (χ2n) is 16.7. The average Bonchev–Trinajstić information content (AvgIpc) is 2.79. The van der Waals surface area contributed by atoms with Gasteiger partial charge in [-0.2, -0.15) is 0 Å². The Labute approximate surface area is 234 Å². The third-order valence-corrected chi connectivity index (χ3v) is 12.6. The first kappa shape index (κ1) is 27.7. The highest BCUT2D eigenvalue weighted by atomic mass is 16.6. The molecule has 0 saturated heterocycles. The van der Waals surface area contributed by atoms with Gasteiger partial charge in [-0.05, 0) is 136 Å². The molecule has 4 unspecified atom stereocenters. The molecule has 8 aliphatic rings. The summed E-state index contributed by atoms with van der Waals surface area (Å²) in [5.41, 5.74) is -3.71. The molecule has 0 aromatic rings. The zero-order valence-electron chi connectivity index (χ0n) is 25.1. The maximum Gasteiger partial charge on any atom is 0.312 e. The number of aliphatic hydroxyl groups is 1. The number of rotatable bonds is 8. The van der Waals surface area contributed by atoms with Crippen molar-refractivity contribution in [1.82, 2.24) is 0 Å². The lowest BCUT2D eigenvalue weighted by Gasteiger charge is -2.64. The summed E-state index contributed by atoms with van der Waals surface area (Å²) in [7, 11) is 0. The third-order valence-electron chi connectivity index (χ3n) is 12.6. The van der Waals surface area contributed by atoms with Crippen LogP contribution < -0.4 is 0 Å². The van der Waals surface area contributed by atoms with Gasteiger partial charge in [0.1, 0.15) is 17.0 Å². The Kier molecular flexibility index (Phi) is 6.08. The Hall–Kier alpha value is -1.43. The lowest BCUT2D eigenvalue weighted by Crippen LogP contribution is -2.63. The van der Waals surface area contributed by atoms with Gasteiger partial charge in [-0.3, -0.25) is 14.4 Å². The summed E-state index contributed by atoms with van der Waals surface area (Å²) in [6, 6.07) is 0. The fourth-order valence-corrected chi connectivity index (χ4v) is 10.9. The summed E-state index contributed by atoms with van der Waals surface area (Å²) in [5, 5.41) is 11.3. The zero-order valence-corrected chi connectivity index (χ0v) is 25.1. The molecule has 218 valence electrons. The van der Waals surface area contributed by atoms with Crippen LogP contribution in [-0.2, 0) is 23.9 Å². The molecule has 0 radical (unpaired) electrons. The van der Waals surface area contributed by atoms with Gasteiger partial charge < -0.3 is 14.6 Å². The van der Waals surface area contributed by atoms with E-state index >= 15 is 0 Å². The Bertz CT molecular complexity index is 1040. The monoisotopic (exact) mass is 542 g/mol. The minimum Gasteiger partial charge on any atom is -0.459 e. The van der Waals surface area contributed by atoms with E-state index in [4.69, 9.17) is 9.47 Å². The second kappa shape index (κ2) is 8.55. The molecule has 8 rings (SSSR count). The molecule has 8 fully saturated rings. The van der Waals surface area contributed by atoms with Gasteiger partial charge in [0.25, 0.3) is 0 Å². The van der Waals surface area contributed by atoms with E-state index in [1.54, 1.807) is 0 Å². The summed E-state index contributed by atoms with van der Waals surface area (Å²) in [6.07, 6.45) is 10.7. The van der Waals surface area contributed by atoms with E-state index in [1.165, 1.54) is 6.42 Å². The van der Waals surface area contributed by atoms with E-state index in [0.717, 1.165) is 44.9 Å². The van der Waals surface area contributed by atoms with Crippen molar-refractivity contribution >= 4 is 17.7 Å². The summed E-state index contributed by atoms with van der Waals surface area (Å²) in [5.74, 6) is 1.48. The van der Waals surface area contributed by atoms with Gasteiger partial charge in [-0.25, -0.2) is 0 Å². The van der Waals surface area contributed by atoms with Crippen molar-refractivity contribution in [3.63, 3.8) is 0 Å². The molecule has 7 atom stereocenters. The van der Waals surface area contributed by atoms with Crippen LogP contribution in [0.1, 0.15) is 125 Å². The van der Waals surface area contributed by atoms with E-state index < -0.39 is 27.6 Å². The Morgan fingerprint density at radius 3 is 1.97 bits per heavy atom. The van der Waals surface area contributed by atoms with Crippen molar-refractivity contribution in [3.8, 4) is 0 Å². The van der Waals surface area contributed by atoms with E-state index in [1.807, 2.05) is 41.5 Å². The third kappa shape index (κ3) is 4.41. The summed E-state index contributed by atoms with van der Waals surface area (Å²) < 4.78 is 12.8. The number of carbonyl (C=O) groups is 3. The van der Waals surface area contributed by atoms with Crippen LogP contribution in [0, 0.1) is 45.8 Å². The molecule has 8 aliphatic carbocycles. The average molecular weight is 543 g/mol. The van der Waals surface area contributed by atoms with Gasteiger partial charge in [0.2, 0.25) is 0 Å². The molecule has 0 heterocycles. The summed E-state index contributed by atoms with van der Waals surface area (Å²) >= 11 is 0. The fraction of sp³-hybridized carbons (Fsp3) is 0.909. The van der Waals surface area contributed by atoms with Crippen molar-refractivity contribution in [3.05, 3.63) is 0 Å². The Morgan fingerprint density at radius 1 is 0.846 bits per heavy atom. The standard InChI is InChI=1S/C33H50O6/c1-7-30(6,27(36)38-29(4,5)31-11-21-8-22(12-31)14-32(37,13-21)19-31)18-28(2,3)26(35)39-33-15-20-9-23(16-33)25(34)24(10-20)17-33/h20-24,37H,7-19H2,1-6H3/t20?,21-,22?,23-,24-,30?,31?,32?,33?/m0/s1. The highest BCUT2D eigenvalue weighted by molar-refractivity contribution is 5.86. The van der Waals surface area contributed by atoms with Crippen LogP contribution in [0.15, 0.2) is 0 Å². The first-order chi connectivity index (χ1) is 18.0. The minimum atomic E-state index is -0.864. The maximum atomic E-state index is 14.0. The van der Waals surface area contributed by atoms with Crippen LogP contribution >= 0.6 is 0 Å². The summed E-state index contributed by atoms with van der Waals surface area (Å²) in [4.78, 5) is 40.3. The predicted octanol–water partition coefficient (Wildman–Crippen LogP) is 6.16. The molecule has 0 aromatic heterocycles. The predicted molar refractivity (Wildman–Crippen MR) is 146 cm³/mol. The molecule has 0 aromatic carbocycles.